The van der Waals surface area contributed by atoms with Gasteiger partial charge in [-0.3, -0.25) is 9.59 Å². The molecule has 1 aliphatic carbocycles. The molecule has 0 aromatic rings. The molecule has 0 aromatic heterocycles. The first-order valence-electron chi connectivity index (χ1n) is 6.35. The number of carbonyl (C=O) groups excluding carboxylic acids is 2. The fourth-order valence-electron chi connectivity index (χ4n) is 1.93. The average Bonchev–Trinajstić information content (AvgIpc) is 2.47. The van der Waals surface area contributed by atoms with E-state index < -0.39 is 23.8 Å². The summed E-state index contributed by atoms with van der Waals surface area (Å²) in [4.78, 5) is 30.0. The lowest BCUT2D eigenvalue weighted by molar-refractivity contribution is -0.160. The minimum atomic E-state index is -0.564. The zero-order valence-corrected chi connectivity index (χ0v) is 11.1. The van der Waals surface area contributed by atoms with Gasteiger partial charge in [-0.1, -0.05) is 12.2 Å². The first kappa shape index (κ1) is 15.7. The highest BCUT2D eigenvalue weighted by Crippen LogP contribution is 2.28. The van der Waals surface area contributed by atoms with Crippen molar-refractivity contribution in [3.8, 4) is 0 Å². The zero-order valence-electron chi connectivity index (χ0n) is 11.1. The summed E-state index contributed by atoms with van der Waals surface area (Å²) >= 11 is 0. The van der Waals surface area contributed by atoms with Gasteiger partial charge in [0.1, 0.15) is 0 Å². The third-order valence-corrected chi connectivity index (χ3v) is 2.93. The highest BCUT2D eigenvalue weighted by Gasteiger charge is 2.36. The quantitative estimate of drug-likeness (QED) is 0.319. The molecular weight excluding hydrogens is 260 g/mol. The molecule has 0 spiro atoms. The molecular formula is C14H16N2O4. The largest absolute Gasteiger partial charge is 0.457 e. The van der Waals surface area contributed by atoms with Crippen molar-refractivity contribution in [2.75, 3.05) is 26.3 Å². The predicted octanol–water partition coefficient (Wildman–Crippen LogP) is 1.49. The number of nitrogens with zero attached hydrogens (tertiary/aromatic N) is 2. The van der Waals surface area contributed by atoms with Gasteiger partial charge in [0.25, 0.3) is 0 Å². The molecule has 1 rings (SSSR count). The first-order chi connectivity index (χ1) is 9.70. The van der Waals surface area contributed by atoms with Crippen molar-refractivity contribution in [1.29, 1.82) is 0 Å². The molecule has 0 saturated heterocycles. The van der Waals surface area contributed by atoms with Crippen LogP contribution in [0.4, 0.5) is 0 Å². The topological polar surface area (TPSA) is 61.3 Å². The first-order valence-corrected chi connectivity index (χ1v) is 6.35. The molecule has 2 unspecified atom stereocenters. The summed E-state index contributed by atoms with van der Waals surface area (Å²) in [7, 11) is 0. The monoisotopic (exact) mass is 276 g/mol. The van der Waals surface area contributed by atoms with Gasteiger partial charge in [0, 0.05) is 0 Å². The summed E-state index contributed by atoms with van der Waals surface area (Å²) in [5.41, 5.74) is 0. The third-order valence-electron chi connectivity index (χ3n) is 2.93. The predicted molar refractivity (Wildman–Crippen MR) is 70.2 cm³/mol. The smallest absolute Gasteiger partial charge is 0.310 e. The van der Waals surface area contributed by atoms with E-state index in [1.807, 2.05) is 12.2 Å². The van der Waals surface area contributed by atoms with Crippen LogP contribution in [0, 0.1) is 25.0 Å². The summed E-state index contributed by atoms with van der Waals surface area (Å²) in [6.07, 6.45) is 4.53. The number of hydrogen-bond donors (Lipinski definition) is 0. The standard InChI is InChI=1S/C14H16N2O4/c1-15-7-9-19-13(17)11-5-3-4-6-12(11)14(18)20-10-8-16-2/h3-4,11-12H,5-10H2. The second-order valence-electron chi connectivity index (χ2n) is 4.25. The van der Waals surface area contributed by atoms with E-state index in [9.17, 15) is 9.59 Å². The Bertz CT molecular complexity index is 417. The number of esters is 2. The van der Waals surface area contributed by atoms with Gasteiger partial charge in [-0.15, -0.1) is 0 Å². The van der Waals surface area contributed by atoms with Gasteiger partial charge in [0.15, 0.2) is 13.2 Å². The van der Waals surface area contributed by atoms with Crippen LogP contribution in [-0.4, -0.2) is 38.2 Å². The van der Waals surface area contributed by atoms with E-state index in [2.05, 4.69) is 9.69 Å². The minimum absolute atomic E-state index is 0.0437. The molecule has 0 N–H and O–H groups in total. The van der Waals surface area contributed by atoms with Crippen molar-refractivity contribution in [2.45, 2.75) is 12.8 Å². The maximum atomic E-state index is 11.9. The van der Waals surface area contributed by atoms with E-state index >= 15 is 0 Å². The van der Waals surface area contributed by atoms with Crippen LogP contribution in [0.3, 0.4) is 0 Å². The summed E-state index contributed by atoms with van der Waals surface area (Å²) < 4.78 is 9.97. The van der Waals surface area contributed by atoms with Crippen molar-refractivity contribution < 1.29 is 19.1 Å². The van der Waals surface area contributed by atoms with Crippen LogP contribution >= 0.6 is 0 Å². The fourth-order valence-corrected chi connectivity index (χ4v) is 1.93. The van der Waals surface area contributed by atoms with Crippen LogP contribution in [-0.2, 0) is 19.1 Å². The Morgan fingerprint density at radius 2 is 1.35 bits per heavy atom. The SMILES string of the molecule is [C-]#[N+]CCOC(=O)C1CC=CCC1C(=O)OCC[N+]#[C-]. The summed E-state index contributed by atoms with van der Waals surface area (Å²) in [6.45, 7) is 13.6. The minimum Gasteiger partial charge on any atom is -0.457 e. The average molecular weight is 276 g/mol. The lowest BCUT2D eigenvalue weighted by Gasteiger charge is -2.24. The summed E-state index contributed by atoms with van der Waals surface area (Å²) in [6, 6.07) is 0. The number of carbonyl (C=O) groups is 2. The van der Waals surface area contributed by atoms with Crippen molar-refractivity contribution in [3.63, 3.8) is 0 Å². The zero-order chi connectivity index (χ0) is 14.8. The molecule has 0 aliphatic heterocycles. The van der Waals surface area contributed by atoms with Gasteiger partial charge >= 0.3 is 11.9 Å². The van der Waals surface area contributed by atoms with Crippen molar-refractivity contribution >= 4 is 11.9 Å². The van der Waals surface area contributed by atoms with Crippen LogP contribution in [0.1, 0.15) is 12.8 Å². The Kier molecular flexibility index (Phi) is 6.84. The highest BCUT2D eigenvalue weighted by molar-refractivity contribution is 5.82. The van der Waals surface area contributed by atoms with Gasteiger partial charge in [-0.25, -0.2) is 13.1 Å². The molecule has 0 aromatic carbocycles. The molecule has 6 heteroatoms. The van der Waals surface area contributed by atoms with E-state index in [1.54, 1.807) is 0 Å². The molecule has 20 heavy (non-hydrogen) atoms. The number of hydrogen-bond acceptors (Lipinski definition) is 4. The highest BCUT2D eigenvalue weighted by atomic mass is 16.5. The molecule has 1 aliphatic rings. The van der Waals surface area contributed by atoms with Crippen molar-refractivity contribution in [1.82, 2.24) is 0 Å². The van der Waals surface area contributed by atoms with Gasteiger partial charge in [-0.05, 0) is 12.8 Å². The fraction of sp³-hybridized carbons (Fsp3) is 0.571. The van der Waals surface area contributed by atoms with E-state index in [0.29, 0.717) is 12.8 Å². The van der Waals surface area contributed by atoms with Gasteiger partial charge in [-0.2, -0.15) is 0 Å². The second kappa shape index (κ2) is 8.71. The molecule has 0 radical (unpaired) electrons. The number of rotatable bonds is 6. The van der Waals surface area contributed by atoms with Crippen LogP contribution < -0.4 is 0 Å². The van der Waals surface area contributed by atoms with Crippen LogP contribution in [0.15, 0.2) is 12.2 Å². The molecule has 0 heterocycles. The molecule has 106 valence electrons. The normalized spacial score (nSPS) is 20.5. The Hall–Kier alpha value is -2.34. The molecule has 0 saturated carbocycles. The molecule has 6 nitrogen and oxygen atoms in total. The lowest BCUT2D eigenvalue weighted by Crippen LogP contribution is -2.34. The Labute approximate surface area is 118 Å². The van der Waals surface area contributed by atoms with E-state index in [1.165, 1.54) is 0 Å². The van der Waals surface area contributed by atoms with Crippen molar-refractivity contribution in [2.24, 2.45) is 11.8 Å². The van der Waals surface area contributed by atoms with E-state index in [-0.39, 0.29) is 26.3 Å². The summed E-state index contributed by atoms with van der Waals surface area (Å²) in [5, 5.41) is 0. The molecule has 0 bridgehead atoms. The Morgan fingerprint density at radius 1 is 0.950 bits per heavy atom. The molecule has 0 fully saturated rings. The molecule has 0 amide bonds. The number of allylic oxidation sites excluding steroid dienone is 2. The van der Waals surface area contributed by atoms with Crippen LogP contribution in [0.2, 0.25) is 0 Å². The number of ether oxygens (including phenoxy) is 2. The van der Waals surface area contributed by atoms with Crippen LogP contribution in [0.25, 0.3) is 9.69 Å². The maximum Gasteiger partial charge on any atom is 0.310 e. The maximum absolute atomic E-state index is 11.9. The van der Waals surface area contributed by atoms with Gasteiger partial charge in [0.05, 0.1) is 11.8 Å². The van der Waals surface area contributed by atoms with E-state index in [0.717, 1.165) is 0 Å². The van der Waals surface area contributed by atoms with Crippen molar-refractivity contribution in [3.05, 3.63) is 35.0 Å². The Morgan fingerprint density at radius 3 is 1.70 bits per heavy atom. The Balaban J connectivity index is 2.56. The summed E-state index contributed by atoms with van der Waals surface area (Å²) in [5.74, 6) is -2.06. The lowest BCUT2D eigenvalue weighted by atomic mass is 9.83. The molecule has 2 atom stereocenters. The second-order valence-corrected chi connectivity index (χ2v) is 4.25. The van der Waals surface area contributed by atoms with E-state index in [4.69, 9.17) is 22.6 Å². The van der Waals surface area contributed by atoms with Gasteiger partial charge < -0.3 is 19.2 Å². The third kappa shape index (κ3) is 4.74. The van der Waals surface area contributed by atoms with Crippen LogP contribution in [0.5, 0.6) is 0 Å². The van der Waals surface area contributed by atoms with Gasteiger partial charge in [0.2, 0.25) is 13.1 Å².